The van der Waals surface area contributed by atoms with Gasteiger partial charge >= 0.3 is 0 Å². The number of rotatable bonds is 1. The van der Waals surface area contributed by atoms with E-state index in [2.05, 4.69) is 0 Å². The maximum absolute atomic E-state index is 9.29. The third-order valence-electron chi connectivity index (χ3n) is 2.18. The van der Waals surface area contributed by atoms with Crippen LogP contribution in [0.4, 0.5) is 0 Å². The molecule has 0 amide bonds. The highest BCUT2D eigenvalue weighted by molar-refractivity contribution is 5.69. The Labute approximate surface area is 78.2 Å². The Hall–Kier alpha value is -1.44. The summed E-state index contributed by atoms with van der Waals surface area (Å²) < 4.78 is 0. The van der Waals surface area contributed by atoms with Gasteiger partial charge in [0.1, 0.15) is 0 Å². The van der Waals surface area contributed by atoms with Crippen LogP contribution in [0.1, 0.15) is 25.0 Å². The molecule has 2 nitrogen and oxygen atoms in total. The lowest BCUT2D eigenvalue weighted by Crippen LogP contribution is -1.85. The third kappa shape index (κ3) is 1.83. The second-order valence-electron chi connectivity index (χ2n) is 3.13. The average molecular weight is 178 g/mol. The van der Waals surface area contributed by atoms with Gasteiger partial charge in [-0.25, -0.2) is 0 Å². The Morgan fingerprint density at radius 2 is 1.77 bits per heavy atom. The van der Waals surface area contributed by atoms with Gasteiger partial charge in [0.15, 0.2) is 11.5 Å². The van der Waals surface area contributed by atoms with Crippen LogP contribution < -0.4 is 0 Å². The SMILES string of the molecule is C/C=C(\C)c1cc(O)c(O)cc1C. The van der Waals surface area contributed by atoms with E-state index in [-0.39, 0.29) is 11.5 Å². The molecule has 1 rings (SSSR count). The molecule has 2 heteroatoms. The quantitative estimate of drug-likeness (QED) is 0.649. The van der Waals surface area contributed by atoms with Crippen molar-refractivity contribution in [3.8, 4) is 11.5 Å². The molecule has 0 bridgehead atoms. The molecule has 0 aliphatic rings. The highest BCUT2D eigenvalue weighted by atomic mass is 16.3. The fourth-order valence-corrected chi connectivity index (χ4v) is 1.26. The van der Waals surface area contributed by atoms with E-state index in [1.54, 1.807) is 12.1 Å². The number of aryl methyl sites for hydroxylation is 1. The van der Waals surface area contributed by atoms with Gasteiger partial charge in [0.25, 0.3) is 0 Å². The van der Waals surface area contributed by atoms with Crippen molar-refractivity contribution in [3.63, 3.8) is 0 Å². The summed E-state index contributed by atoms with van der Waals surface area (Å²) in [6.07, 6.45) is 1.97. The van der Waals surface area contributed by atoms with Crippen LogP contribution in [-0.4, -0.2) is 10.2 Å². The van der Waals surface area contributed by atoms with Crippen molar-refractivity contribution in [3.05, 3.63) is 29.3 Å². The fourth-order valence-electron chi connectivity index (χ4n) is 1.26. The number of aromatic hydroxyl groups is 2. The van der Waals surface area contributed by atoms with E-state index in [0.717, 1.165) is 16.7 Å². The zero-order chi connectivity index (χ0) is 10.0. The number of hydrogen-bond acceptors (Lipinski definition) is 2. The minimum absolute atomic E-state index is 0.0647. The topological polar surface area (TPSA) is 40.5 Å². The van der Waals surface area contributed by atoms with Crippen LogP contribution in [0.15, 0.2) is 18.2 Å². The highest BCUT2D eigenvalue weighted by Crippen LogP contribution is 2.31. The van der Waals surface area contributed by atoms with E-state index in [1.807, 2.05) is 26.8 Å². The Balaban J connectivity index is 3.32. The van der Waals surface area contributed by atoms with Gasteiger partial charge in [-0.2, -0.15) is 0 Å². The fraction of sp³-hybridized carbons (Fsp3) is 0.273. The standard InChI is InChI=1S/C11H14O2/c1-4-7(2)9-6-11(13)10(12)5-8(9)3/h4-6,12-13H,1-3H3/b7-4+. The minimum Gasteiger partial charge on any atom is -0.504 e. The van der Waals surface area contributed by atoms with Gasteiger partial charge in [-0.3, -0.25) is 0 Å². The van der Waals surface area contributed by atoms with E-state index in [4.69, 9.17) is 0 Å². The maximum Gasteiger partial charge on any atom is 0.158 e. The largest absolute Gasteiger partial charge is 0.504 e. The van der Waals surface area contributed by atoms with Gasteiger partial charge in [0.05, 0.1) is 0 Å². The molecule has 0 atom stereocenters. The van der Waals surface area contributed by atoms with Gasteiger partial charge in [-0.1, -0.05) is 6.08 Å². The first-order chi connectivity index (χ1) is 6.06. The molecule has 13 heavy (non-hydrogen) atoms. The van der Waals surface area contributed by atoms with Crippen molar-refractivity contribution in [1.82, 2.24) is 0 Å². The van der Waals surface area contributed by atoms with Crippen molar-refractivity contribution in [1.29, 1.82) is 0 Å². The van der Waals surface area contributed by atoms with E-state index in [9.17, 15) is 10.2 Å². The average Bonchev–Trinajstić information content (AvgIpc) is 2.10. The van der Waals surface area contributed by atoms with Crippen LogP contribution >= 0.6 is 0 Å². The predicted octanol–water partition coefficient (Wildman–Crippen LogP) is 2.83. The first-order valence-electron chi connectivity index (χ1n) is 4.22. The Kier molecular flexibility index (Phi) is 2.61. The monoisotopic (exact) mass is 178 g/mol. The molecule has 0 radical (unpaired) electrons. The Morgan fingerprint density at radius 1 is 1.23 bits per heavy atom. The number of phenols is 2. The molecule has 1 aromatic carbocycles. The van der Waals surface area contributed by atoms with Gasteiger partial charge < -0.3 is 10.2 Å². The van der Waals surface area contributed by atoms with Crippen LogP contribution in [0, 0.1) is 6.92 Å². The van der Waals surface area contributed by atoms with Crippen molar-refractivity contribution in [2.45, 2.75) is 20.8 Å². The molecule has 0 saturated heterocycles. The van der Waals surface area contributed by atoms with Crippen molar-refractivity contribution in [2.75, 3.05) is 0 Å². The maximum atomic E-state index is 9.29. The van der Waals surface area contributed by atoms with Crippen LogP contribution in [0.3, 0.4) is 0 Å². The molecule has 0 spiro atoms. The number of benzene rings is 1. The third-order valence-corrected chi connectivity index (χ3v) is 2.18. The molecule has 0 aliphatic heterocycles. The summed E-state index contributed by atoms with van der Waals surface area (Å²) >= 11 is 0. The Bertz CT molecular complexity index is 351. The van der Waals surface area contributed by atoms with Gasteiger partial charge in [-0.15, -0.1) is 0 Å². The molecule has 70 valence electrons. The highest BCUT2D eigenvalue weighted by Gasteiger charge is 2.05. The molecule has 0 aromatic heterocycles. The molecular weight excluding hydrogens is 164 g/mol. The molecule has 1 aromatic rings. The number of allylic oxidation sites excluding steroid dienone is 2. The Morgan fingerprint density at radius 3 is 2.31 bits per heavy atom. The van der Waals surface area contributed by atoms with Gasteiger partial charge in [-0.05, 0) is 49.6 Å². The summed E-state index contributed by atoms with van der Waals surface area (Å²) in [7, 11) is 0. The molecule has 0 unspecified atom stereocenters. The molecule has 0 fully saturated rings. The summed E-state index contributed by atoms with van der Waals surface area (Å²) in [5, 5.41) is 18.5. The molecule has 0 saturated carbocycles. The first-order valence-corrected chi connectivity index (χ1v) is 4.22. The first kappa shape index (κ1) is 9.65. The summed E-state index contributed by atoms with van der Waals surface area (Å²) in [6, 6.07) is 3.15. The normalized spacial score (nSPS) is 11.8. The molecular formula is C11H14O2. The van der Waals surface area contributed by atoms with E-state index < -0.39 is 0 Å². The zero-order valence-corrected chi connectivity index (χ0v) is 8.13. The van der Waals surface area contributed by atoms with Gasteiger partial charge in [0, 0.05) is 0 Å². The lowest BCUT2D eigenvalue weighted by Gasteiger charge is -2.07. The smallest absolute Gasteiger partial charge is 0.158 e. The van der Waals surface area contributed by atoms with E-state index in [1.165, 1.54) is 0 Å². The van der Waals surface area contributed by atoms with Gasteiger partial charge in [0.2, 0.25) is 0 Å². The second-order valence-corrected chi connectivity index (χ2v) is 3.13. The van der Waals surface area contributed by atoms with Crippen molar-refractivity contribution in [2.24, 2.45) is 0 Å². The number of phenolic OH excluding ortho intramolecular Hbond substituents is 2. The second kappa shape index (κ2) is 3.52. The summed E-state index contributed by atoms with van der Waals surface area (Å²) in [5.74, 6) is -0.132. The summed E-state index contributed by atoms with van der Waals surface area (Å²) in [5.41, 5.74) is 3.02. The molecule has 0 aliphatic carbocycles. The zero-order valence-electron chi connectivity index (χ0n) is 8.13. The summed E-state index contributed by atoms with van der Waals surface area (Å²) in [6.45, 7) is 5.82. The van der Waals surface area contributed by atoms with Crippen LogP contribution in [0.5, 0.6) is 11.5 Å². The van der Waals surface area contributed by atoms with Crippen molar-refractivity contribution < 1.29 is 10.2 Å². The van der Waals surface area contributed by atoms with Crippen LogP contribution in [-0.2, 0) is 0 Å². The van der Waals surface area contributed by atoms with Crippen LogP contribution in [0.2, 0.25) is 0 Å². The predicted molar refractivity (Wildman–Crippen MR) is 53.8 cm³/mol. The molecule has 0 heterocycles. The number of hydrogen-bond donors (Lipinski definition) is 2. The lowest BCUT2D eigenvalue weighted by atomic mass is 10.0. The van der Waals surface area contributed by atoms with E-state index in [0.29, 0.717) is 0 Å². The van der Waals surface area contributed by atoms with Crippen LogP contribution in [0.25, 0.3) is 5.57 Å². The van der Waals surface area contributed by atoms with Crippen molar-refractivity contribution >= 4 is 5.57 Å². The molecule has 2 N–H and O–H groups in total. The lowest BCUT2D eigenvalue weighted by molar-refractivity contribution is 0.403. The minimum atomic E-state index is -0.0678. The van der Waals surface area contributed by atoms with E-state index >= 15 is 0 Å². The summed E-state index contributed by atoms with van der Waals surface area (Å²) in [4.78, 5) is 0.